The van der Waals surface area contributed by atoms with Crippen molar-refractivity contribution in [2.45, 2.75) is 79.1 Å². The predicted octanol–water partition coefficient (Wildman–Crippen LogP) is 1.34. The van der Waals surface area contributed by atoms with Crippen molar-refractivity contribution in [3.63, 3.8) is 0 Å². The van der Waals surface area contributed by atoms with Gasteiger partial charge in [0.2, 0.25) is 0 Å². The van der Waals surface area contributed by atoms with Crippen molar-refractivity contribution in [3.8, 4) is 0 Å². The van der Waals surface area contributed by atoms with Gasteiger partial charge in [0, 0.05) is 0 Å². The van der Waals surface area contributed by atoms with Gasteiger partial charge in [-0.1, -0.05) is 98.1 Å². The number of nitrogens with one attached hydrogen (secondary N) is 3. The molecule has 0 aliphatic heterocycles. The van der Waals surface area contributed by atoms with Crippen LogP contribution in [0.4, 0.5) is 11.4 Å². The second-order valence-corrected chi connectivity index (χ2v) is 12.9. The third kappa shape index (κ3) is 13.4. The molecule has 0 radical (unpaired) electrons. The largest absolute Gasteiger partial charge is 1.00 e. The van der Waals surface area contributed by atoms with Gasteiger partial charge in [-0.05, 0) is 57.3 Å². The number of aliphatic imine (C=N–C) groups is 1. The van der Waals surface area contributed by atoms with Gasteiger partial charge in [-0.3, -0.25) is 0 Å². The van der Waals surface area contributed by atoms with E-state index in [4.69, 9.17) is 10.3 Å². The molecule has 3 N–H and O–H groups in total. The molecule has 2 rings (SSSR count). The van der Waals surface area contributed by atoms with Crippen LogP contribution in [-0.2, 0) is 0 Å². The van der Waals surface area contributed by atoms with Crippen LogP contribution in [0.2, 0.25) is 0 Å². The van der Waals surface area contributed by atoms with Crippen molar-refractivity contribution in [1.29, 1.82) is 0 Å². The molecular weight excluding hydrogens is 485 g/mol. The van der Waals surface area contributed by atoms with Gasteiger partial charge >= 0.3 is 18.9 Å². The number of hydrogen-bond acceptors (Lipinski definition) is 1. The van der Waals surface area contributed by atoms with Crippen molar-refractivity contribution in [1.82, 2.24) is 0 Å². The SMILES string of the molecule is CC(C)c1cccc(C(C)C)c1N=C[N-]c1c(C(C)C)cccc1C(C)C.C[NH+](C)CC[NH+](C)CC[NH+](C)C.[Li+]. The molecular formula is C34H61LiN5+3. The minimum absolute atomic E-state index is 0. The summed E-state index contributed by atoms with van der Waals surface area (Å²) in [5, 5.41) is 4.85. The molecule has 0 aromatic heterocycles. The minimum atomic E-state index is 0. The molecule has 40 heavy (non-hydrogen) atoms. The zero-order chi connectivity index (χ0) is 29.7. The summed E-state index contributed by atoms with van der Waals surface area (Å²) in [5.74, 6) is 1.74. The molecule has 2 aromatic rings. The van der Waals surface area contributed by atoms with Crippen molar-refractivity contribution in [2.24, 2.45) is 4.99 Å². The third-order valence-electron chi connectivity index (χ3n) is 7.16. The molecule has 0 amide bonds. The molecule has 0 atom stereocenters. The third-order valence-corrected chi connectivity index (χ3v) is 7.16. The van der Waals surface area contributed by atoms with E-state index in [0.29, 0.717) is 23.7 Å². The van der Waals surface area contributed by atoms with Gasteiger partial charge < -0.3 is 25.0 Å². The summed E-state index contributed by atoms with van der Waals surface area (Å²) in [6, 6.07) is 13.0. The molecule has 2 aromatic carbocycles. The van der Waals surface area contributed by atoms with Crippen LogP contribution < -0.4 is 33.6 Å². The number of benzene rings is 2. The fourth-order valence-electron chi connectivity index (χ4n) is 4.52. The van der Waals surface area contributed by atoms with E-state index in [1.54, 1.807) is 21.0 Å². The Balaban J connectivity index is 0.000000993. The quantitative estimate of drug-likeness (QED) is 0.193. The molecule has 0 heterocycles. The van der Waals surface area contributed by atoms with Crippen LogP contribution in [-0.4, -0.2) is 67.8 Å². The van der Waals surface area contributed by atoms with E-state index in [2.05, 4.69) is 127 Å². The van der Waals surface area contributed by atoms with Crippen LogP contribution in [0.3, 0.4) is 0 Å². The zero-order valence-electron chi connectivity index (χ0n) is 28.6. The molecule has 0 saturated heterocycles. The second-order valence-electron chi connectivity index (χ2n) is 12.9. The van der Waals surface area contributed by atoms with Crippen molar-refractivity contribution in [3.05, 3.63) is 64.0 Å². The van der Waals surface area contributed by atoms with Crippen LogP contribution in [0.25, 0.3) is 5.32 Å². The molecule has 0 aliphatic rings. The summed E-state index contributed by atoms with van der Waals surface area (Å²) >= 11 is 0. The Morgan fingerprint density at radius 2 is 0.950 bits per heavy atom. The molecule has 220 valence electrons. The van der Waals surface area contributed by atoms with E-state index in [1.165, 1.54) is 48.4 Å². The summed E-state index contributed by atoms with van der Waals surface area (Å²) in [6.07, 6.45) is 1.76. The van der Waals surface area contributed by atoms with Gasteiger partial charge in [0.25, 0.3) is 0 Å². The molecule has 0 unspecified atom stereocenters. The number of likely N-dealkylation sites (N-methyl/N-ethyl adjacent to an activating group) is 3. The number of para-hydroxylation sites is 2. The van der Waals surface area contributed by atoms with E-state index in [0.717, 1.165) is 11.4 Å². The first-order valence-electron chi connectivity index (χ1n) is 15.1. The summed E-state index contributed by atoms with van der Waals surface area (Å²) in [6.45, 7) is 22.9. The van der Waals surface area contributed by atoms with Crippen LogP contribution in [0, 0.1) is 0 Å². The Bertz CT molecular complexity index is 931. The predicted molar refractivity (Wildman–Crippen MR) is 172 cm³/mol. The van der Waals surface area contributed by atoms with Gasteiger partial charge in [-0.15, -0.1) is 0 Å². The average molecular weight is 547 g/mol. The van der Waals surface area contributed by atoms with Crippen LogP contribution in [0.1, 0.15) is 101 Å². The monoisotopic (exact) mass is 547 g/mol. The van der Waals surface area contributed by atoms with E-state index in [1.807, 2.05) is 0 Å². The number of quaternary nitrogens is 3. The Labute approximate surface area is 260 Å². The minimum Gasteiger partial charge on any atom is -0.443 e. The van der Waals surface area contributed by atoms with Crippen molar-refractivity contribution >= 4 is 17.7 Å². The first kappa shape index (κ1) is 38.4. The van der Waals surface area contributed by atoms with Gasteiger partial charge in [-0.25, -0.2) is 0 Å². The number of hydrogen-bond donors (Lipinski definition) is 3. The van der Waals surface area contributed by atoms with Gasteiger partial charge in [-0.2, -0.15) is 0 Å². The van der Waals surface area contributed by atoms with E-state index in [-0.39, 0.29) is 18.9 Å². The second kappa shape index (κ2) is 19.5. The molecule has 5 nitrogen and oxygen atoms in total. The van der Waals surface area contributed by atoms with Gasteiger partial charge in [0.05, 0.1) is 35.2 Å². The van der Waals surface area contributed by atoms with E-state index in [9.17, 15) is 0 Å². The van der Waals surface area contributed by atoms with Gasteiger partial charge in [0.15, 0.2) is 0 Å². The Hall–Kier alpha value is -1.61. The summed E-state index contributed by atoms with van der Waals surface area (Å²) < 4.78 is 0. The fourth-order valence-corrected chi connectivity index (χ4v) is 4.52. The maximum Gasteiger partial charge on any atom is 1.00 e. The Morgan fingerprint density at radius 1 is 0.600 bits per heavy atom. The molecule has 0 aliphatic carbocycles. The molecule has 6 heteroatoms. The van der Waals surface area contributed by atoms with Gasteiger partial charge in [0.1, 0.15) is 26.2 Å². The van der Waals surface area contributed by atoms with Crippen LogP contribution in [0.15, 0.2) is 41.4 Å². The molecule has 0 bridgehead atoms. The Kier molecular flexibility index (Phi) is 18.7. The molecule has 0 fully saturated rings. The maximum absolute atomic E-state index is 4.85. The number of nitrogens with zero attached hydrogens (tertiary/aromatic N) is 2. The van der Waals surface area contributed by atoms with Crippen LogP contribution in [0.5, 0.6) is 0 Å². The maximum atomic E-state index is 4.85. The Morgan fingerprint density at radius 3 is 1.27 bits per heavy atom. The zero-order valence-corrected chi connectivity index (χ0v) is 28.6. The van der Waals surface area contributed by atoms with E-state index >= 15 is 0 Å². The number of rotatable bonds is 13. The first-order chi connectivity index (χ1) is 18.3. The first-order valence-corrected chi connectivity index (χ1v) is 15.1. The molecule has 0 saturated carbocycles. The normalized spacial score (nSPS) is 11.8. The van der Waals surface area contributed by atoms with Crippen molar-refractivity contribution in [2.75, 3.05) is 61.4 Å². The van der Waals surface area contributed by atoms with E-state index < -0.39 is 0 Å². The topological polar surface area (TPSA) is 39.8 Å². The standard InChI is InChI=1S/C25H35N2.C9H23N3.Li/c1-16(2)20-11-9-12-21(17(3)4)24(20)26-15-27-25-22(18(5)6)13-10-14-23(25)19(7)8;1-10(2)6-8-12(5)9-7-11(3)4;/h9-19H,1-8H3;6-9H2,1-5H3;/q-1;;+1/p+3. The van der Waals surface area contributed by atoms with Crippen molar-refractivity contribution < 1.29 is 33.6 Å². The fraction of sp³-hybridized carbons (Fsp3) is 0.618. The molecule has 0 spiro atoms. The summed E-state index contributed by atoms with van der Waals surface area (Å²) in [5.41, 5.74) is 7.31. The summed E-state index contributed by atoms with van der Waals surface area (Å²) in [4.78, 5) is 9.60. The average Bonchev–Trinajstić information content (AvgIpc) is 2.86. The smallest absolute Gasteiger partial charge is 0.443 e. The van der Waals surface area contributed by atoms with Crippen LogP contribution >= 0.6 is 0 Å². The summed E-state index contributed by atoms with van der Waals surface area (Å²) in [7, 11) is 11.1.